The summed E-state index contributed by atoms with van der Waals surface area (Å²) in [5, 5.41) is 3.23. The van der Waals surface area contributed by atoms with Crippen LogP contribution in [0.5, 0.6) is 0 Å². The maximum absolute atomic E-state index is 13.5. The number of nitrogens with one attached hydrogen (secondary N) is 1. The average Bonchev–Trinajstić information content (AvgIpc) is 2.72. The van der Waals surface area contributed by atoms with E-state index in [0.717, 1.165) is 35.3 Å². The second kappa shape index (κ2) is 9.73. The van der Waals surface area contributed by atoms with Crippen molar-refractivity contribution in [2.45, 2.75) is 38.6 Å². The van der Waals surface area contributed by atoms with Crippen molar-refractivity contribution in [1.29, 1.82) is 0 Å². The number of sulfonamides is 1. The van der Waals surface area contributed by atoms with E-state index >= 15 is 0 Å². The van der Waals surface area contributed by atoms with Crippen LogP contribution in [-0.4, -0.2) is 56.3 Å². The first-order chi connectivity index (χ1) is 14.3. The van der Waals surface area contributed by atoms with Crippen molar-refractivity contribution in [3.05, 3.63) is 64.7 Å². The van der Waals surface area contributed by atoms with Gasteiger partial charge in [-0.2, -0.15) is 4.31 Å². The molecule has 0 radical (unpaired) electrons. The predicted octanol–water partition coefficient (Wildman–Crippen LogP) is 2.62. The number of aryl methyl sites for hydroxylation is 3. The third-order valence-corrected chi connectivity index (χ3v) is 7.48. The molecule has 1 fully saturated rings. The van der Waals surface area contributed by atoms with Gasteiger partial charge >= 0.3 is 0 Å². The summed E-state index contributed by atoms with van der Waals surface area (Å²) in [5.41, 5.74) is 3.77. The van der Waals surface area contributed by atoms with Crippen LogP contribution in [0, 0.1) is 20.8 Å². The Labute approximate surface area is 179 Å². The summed E-state index contributed by atoms with van der Waals surface area (Å²) < 4.78 is 28.5. The molecule has 2 aromatic carbocycles. The van der Waals surface area contributed by atoms with Crippen molar-refractivity contribution in [2.24, 2.45) is 0 Å². The molecule has 1 saturated heterocycles. The van der Waals surface area contributed by atoms with Crippen LogP contribution >= 0.6 is 0 Å². The Kier molecular flexibility index (Phi) is 7.28. The van der Waals surface area contributed by atoms with E-state index in [0.29, 0.717) is 18.0 Å². The van der Waals surface area contributed by atoms with Crippen molar-refractivity contribution >= 4 is 15.9 Å². The fraction of sp³-hybridized carbons (Fsp3) is 0.435. The molecule has 1 N–H and O–H groups in total. The highest BCUT2D eigenvalue weighted by atomic mass is 32.2. The van der Waals surface area contributed by atoms with E-state index in [1.807, 2.05) is 62.1 Å². The minimum atomic E-state index is -3.73. The van der Waals surface area contributed by atoms with Gasteiger partial charge in [0.25, 0.3) is 0 Å². The normalized spacial score (nSPS) is 14.9. The van der Waals surface area contributed by atoms with E-state index in [1.54, 1.807) is 6.07 Å². The summed E-state index contributed by atoms with van der Waals surface area (Å²) in [7, 11) is -3.73. The maximum atomic E-state index is 13.5. The zero-order valence-electron chi connectivity index (χ0n) is 18.0. The van der Waals surface area contributed by atoms with Gasteiger partial charge in [-0.25, -0.2) is 8.42 Å². The summed E-state index contributed by atoms with van der Waals surface area (Å²) >= 11 is 0. The first-order valence-electron chi connectivity index (χ1n) is 10.4. The first kappa shape index (κ1) is 22.5. The third-order valence-electron chi connectivity index (χ3n) is 5.47. The van der Waals surface area contributed by atoms with E-state index in [-0.39, 0.29) is 25.4 Å². The lowest BCUT2D eigenvalue weighted by Gasteiger charge is -2.29. The maximum Gasteiger partial charge on any atom is 0.243 e. The van der Waals surface area contributed by atoms with Crippen molar-refractivity contribution in [3.8, 4) is 0 Å². The van der Waals surface area contributed by atoms with Gasteiger partial charge < -0.3 is 10.2 Å². The van der Waals surface area contributed by atoms with Gasteiger partial charge in [0.15, 0.2) is 0 Å². The average molecular weight is 430 g/mol. The number of hydrogen-bond acceptors (Lipinski definition) is 4. The molecular formula is C23H31N3O3S. The molecular weight excluding hydrogens is 398 g/mol. The largest absolute Gasteiger partial charge is 0.340 e. The zero-order valence-corrected chi connectivity index (χ0v) is 18.8. The van der Waals surface area contributed by atoms with Crippen LogP contribution in [0.3, 0.4) is 0 Å². The molecule has 0 unspecified atom stereocenters. The van der Waals surface area contributed by atoms with Crippen molar-refractivity contribution < 1.29 is 13.2 Å². The fourth-order valence-corrected chi connectivity index (χ4v) is 5.34. The molecule has 0 atom stereocenters. The molecule has 1 amide bonds. The highest BCUT2D eigenvalue weighted by molar-refractivity contribution is 7.89. The molecule has 7 heteroatoms. The molecule has 0 saturated carbocycles. The minimum absolute atomic E-state index is 0.00114. The number of piperazine rings is 1. The lowest BCUT2D eigenvalue weighted by atomic mass is 10.1. The number of rotatable bonds is 7. The predicted molar refractivity (Wildman–Crippen MR) is 119 cm³/mol. The van der Waals surface area contributed by atoms with E-state index in [4.69, 9.17) is 0 Å². The van der Waals surface area contributed by atoms with Crippen LogP contribution in [-0.2, 0) is 21.4 Å². The van der Waals surface area contributed by atoms with Crippen LogP contribution in [0.1, 0.15) is 28.7 Å². The summed E-state index contributed by atoms with van der Waals surface area (Å²) in [4.78, 5) is 14.8. The second-order valence-electron chi connectivity index (χ2n) is 7.97. The number of nitrogens with zero attached hydrogens (tertiary/aromatic N) is 2. The molecule has 3 rings (SSSR count). The van der Waals surface area contributed by atoms with E-state index < -0.39 is 10.0 Å². The Morgan fingerprint density at radius 1 is 1.00 bits per heavy atom. The van der Waals surface area contributed by atoms with Crippen LogP contribution in [0.4, 0.5) is 0 Å². The van der Waals surface area contributed by atoms with Crippen LogP contribution in [0.25, 0.3) is 0 Å². The molecule has 30 heavy (non-hydrogen) atoms. The Balaban J connectivity index is 1.84. The Morgan fingerprint density at radius 2 is 1.63 bits per heavy atom. The molecule has 1 aliphatic rings. The molecule has 2 aromatic rings. The molecule has 0 aromatic heterocycles. The molecule has 162 valence electrons. The lowest BCUT2D eigenvalue weighted by molar-refractivity contribution is -0.131. The highest BCUT2D eigenvalue weighted by Gasteiger charge is 2.28. The highest BCUT2D eigenvalue weighted by Crippen LogP contribution is 2.23. The summed E-state index contributed by atoms with van der Waals surface area (Å²) in [6.07, 6.45) is 0.177. The number of amides is 1. The Hall–Kier alpha value is -2.22. The van der Waals surface area contributed by atoms with Crippen molar-refractivity contribution in [3.63, 3.8) is 0 Å². The van der Waals surface area contributed by atoms with Gasteiger partial charge in [-0.15, -0.1) is 0 Å². The smallest absolute Gasteiger partial charge is 0.243 e. The van der Waals surface area contributed by atoms with Gasteiger partial charge in [0.1, 0.15) is 0 Å². The van der Waals surface area contributed by atoms with Gasteiger partial charge in [0.2, 0.25) is 15.9 Å². The minimum Gasteiger partial charge on any atom is -0.340 e. The molecule has 0 spiro atoms. The SMILES string of the molecule is Cc1ccc(CN(CCC(=O)N2CCNCC2)S(=O)(=O)c2ccc(C)cc2C)cc1. The zero-order chi connectivity index (χ0) is 21.7. The quantitative estimate of drug-likeness (QED) is 0.735. The topological polar surface area (TPSA) is 69.7 Å². The van der Waals surface area contributed by atoms with Crippen molar-refractivity contribution in [1.82, 2.24) is 14.5 Å². The summed E-state index contributed by atoms with van der Waals surface area (Å²) in [5.74, 6) is 0.00114. The summed E-state index contributed by atoms with van der Waals surface area (Å²) in [6.45, 7) is 9.05. The number of hydrogen-bond donors (Lipinski definition) is 1. The van der Waals surface area contributed by atoms with Gasteiger partial charge in [-0.1, -0.05) is 47.5 Å². The monoisotopic (exact) mass is 429 g/mol. The van der Waals surface area contributed by atoms with Gasteiger partial charge in [0, 0.05) is 45.7 Å². The Morgan fingerprint density at radius 3 is 2.27 bits per heavy atom. The molecule has 0 bridgehead atoms. The van der Waals surface area contributed by atoms with Crippen LogP contribution in [0.2, 0.25) is 0 Å². The molecule has 0 aliphatic carbocycles. The van der Waals surface area contributed by atoms with Gasteiger partial charge in [-0.3, -0.25) is 4.79 Å². The number of carbonyl (C=O) groups is 1. The molecule has 6 nitrogen and oxygen atoms in total. The standard InChI is InChI=1S/C23H31N3O3S/c1-18-4-7-21(8-5-18)17-26(13-10-23(27)25-14-11-24-12-15-25)30(28,29)22-9-6-19(2)16-20(22)3/h4-9,16,24H,10-15,17H2,1-3H3. The molecule has 1 aliphatic heterocycles. The number of carbonyl (C=O) groups excluding carboxylic acids is 1. The third kappa shape index (κ3) is 5.47. The Bertz CT molecular complexity index is 981. The van der Waals surface area contributed by atoms with E-state index in [2.05, 4.69) is 5.32 Å². The summed E-state index contributed by atoms with van der Waals surface area (Å²) in [6, 6.07) is 13.2. The van der Waals surface area contributed by atoms with Gasteiger partial charge in [0.05, 0.1) is 4.90 Å². The first-order valence-corrected chi connectivity index (χ1v) is 11.8. The van der Waals surface area contributed by atoms with Crippen LogP contribution < -0.4 is 5.32 Å². The van der Waals surface area contributed by atoms with Crippen molar-refractivity contribution in [2.75, 3.05) is 32.7 Å². The lowest BCUT2D eigenvalue weighted by Crippen LogP contribution is -2.47. The van der Waals surface area contributed by atoms with E-state index in [9.17, 15) is 13.2 Å². The fourth-order valence-electron chi connectivity index (χ4n) is 3.70. The van der Waals surface area contributed by atoms with Crippen LogP contribution in [0.15, 0.2) is 47.4 Å². The van der Waals surface area contributed by atoms with E-state index in [1.165, 1.54) is 4.31 Å². The number of benzene rings is 2. The molecule has 1 heterocycles. The second-order valence-corrected chi connectivity index (χ2v) is 9.88. The van der Waals surface area contributed by atoms with Gasteiger partial charge in [-0.05, 0) is 38.0 Å².